The fourth-order valence-corrected chi connectivity index (χ4v) is 9.82. The van der Waals surface area contributed by atoms with E-state index < -0.39 is 11.7 Å². The second-order valence-corrected chi connectivity index (χ2v) is 22.6. The molecule has 340 valence electrons. The molecule has 0 saturated heterocycles. The molecule has 0 unspecified atom stereocenters. The highest BCUT2D eigenvalue weighted by Crippen LogP contribution is 2.47. The molecule has 0 aliphatic carbocycles. The van der Waals surface area contributed by atoms with E-state index in [1.807, 2.05) is 30.3 Å². The summed E-state index contributed by atoms with van der Waals surface area (Å²) < 4.78 is 49.3. The van der Waals surface area contributed by atoms with Crippen LogP contribution in [0.15, 0.2) is 127 Å². The molecular formula is C61H60F3N3. The van der Waals surface area contributed by atoms with Crippen molar-refractivity contribution in [2.45, 2.75) is 118 Å². The fourth-order valence-electron chi connectivity index (χ4n) is 9.82. The lowest BCUT2D eigenvalue weighted by Gasteiger charge is -2.21. The molecule has 0 fully saturated rings. The Kier molecular flexibility index (Phi) is 10.5. The molecule has 0 saturated carbocycles. The molecule has 0 radical (unpaired) electrons. The van der Waals surface area contributed by atoms with Gasteiger partial charge in [-0.25, -0.2) is 4.85 Å². The van der Waals surface area contributed by atoms with Crippen LogP contribution < -0.4 is 0 Å². The van der Waals surface area contributed by atoms with E-state index in [4.69, 9.17) is 6.57 Å². The summed E-state index contributed by atoms with van der Waals surface area (Å²) in [6.07, 6.45) is -4.58. The summed E-state index contributed by atoms with van der Waals surface area (Å²) in [5, 5.41) is 4.47. The Morgan fingerprint density at radius 3 is 1.28 bits per heavy atom. The zero-order valence-corrected chi connectivity index (χ0v) is 41.1. The SMILES string of the molecule is [C-]#[N+]c1ccc(-n2c3ccc(C(C)(C)C)cc3c3cc(C(C)(C)C)ccc32)cc1-c1cc(-c2c(C)cccc2C(F)(F)F)ccc1-n1c2ccc(C(C)(C)C)cc2c2cc(C(C)(C)C)ccc21. The molecule has 0 atom stereocenters. The summed E-state index contributed by atoms with van der Waals surface area (Å²) >= 11 is 0. The van der Waals surface area contributed by atoms with Crippen LogP contribution in [0, 0.1) is 13.5 Å². The lowest BCUT2D eigenvalue weighted by Crippen LogP contribution is -2.10. The van der Waals surface area contributed by atoms with Gasteiger partial charge in [-0.1, -0.05) is 132 Å². The van der Waals surface area contributed by atoms with Crippen LogP contribution in [0.3, 0.4) is 0 Å². The van der Waals surface area contributed by atoms with Gasteiger partial charge in [-0.05, 0) is 158 Å². The first kappa shape index (κ1) is 45.6. The van der Waals surface area contributed by atoms with E-state index >= 15 is 0 Å². The van der Waals surface area contributed by atoms with Crippen molar-refractivity contribution in [2.75, 3.05) is 0 Å². The van der Waals surface area contributed by atoms with Gasteiger partial charge in [0, 0.05) is 27.2 Å². The van der Waals surface area contributed by atoms with Crippen molar-refractivity contribution in [1.82, 2.24) is 9.13 Å². The molecule has 7 aromatic carbocycles. The van der Waals surface area contributed by atoms with E-state index in [1.165, 1.54) is 28.3 Å². The Morgan fingerprint density at radius 2 is 0.881 bits per heavy atom. The predicted molar refractivity (Wildman–Crippen MR) is 277 cm³/mol. The summed E-state index contributed by atoms with van der Waals surface area (Å²) in [4.78, 5) is 4.12. The van der Waals surface area contributed by atoms with Gasteiger partial charge in [-0.15, -0.1) is 0 Å². The minimum absolute atomic E-state index is 0.0748. The number of hydrogen-bond acceptors (Lipinski definition) is 0. The number of hydrogen-bond donors (Lipinski definition) is 0. The molecule has 6 heteroatoms. The molecule has 0 aliphatic heterocycles. The largest absolute Gasteiger partial charge is 0.417 e. The Bertz CT molecular complexity index is 3360. The van der Waals surface area contributed by atoms with E-state index in [-0.39, 0.29) is 27.2 Å². The summed E-state index contributed by atoms with van der Waals surface area (Å²) in [6.45, 7) is 37.0. The summed E-state index contributed by atoms with van der Waals surface area (Å²) in [5.41, 5.74) is 12.2. The average molecular weight is 892 g/mol. The first-order chi connectivity index (χ1) is 31.3. The maximum atomic E-state index is 14.9. The average Bonchev–Trinajstić information content (AvgIpc) is 3.76. The fraction of sp³-hybridized carbons (Fsp3) is 0.295. The summed E-state index contributed by atoms with van der Waals surface area (Å²) in [7, 11) is 0. The van der Waals surface area contributed by atoms with Crippen LogP contribution in [0.4, 0.5) is 18.9 Å². The number of benzene rings is 7. The zero-order chi connectivity index (χ0) is 48.3. The third-order valence-corrected chi connectivity index (χ3v) is 13.7. The first-order valence-corrected chi connectivity index (χ1v) is 23.3. The molecule has 3 nitrogen and oxygen atoms in total. The van der Waals surface area contributed by atoms with Crippen molar-refractivity contribution >= 4 is 49.3 Å². The van der Waals surface area contributed by atoms with Crippen LogP contribution in [-0.2, 0) is 27.8 Å². The van der Waals surface area contributed by atoms with Gasteiger partial charge in [-0.3, -0.25) is 0 Å². The van der Waals surface area contributed by atoms with E-state index in [0.717, 1.165) is 61.1 Å². The number of nitrogens with zero attached hydrogens (tertiary/aromatic N) is 3. The van der Waals surface area contributed by atoms with E-state index in [0.29, 0.717) is 27.9 Å². The van der Waals surface area contributed by atoms with Gasteiger partial charge in [0.1, 0.15) is 0 Å². The normalized spacial score (nSPS) is 13.1. The third-order valence-electron chi connectivity index (χ3n) is 13.7. The summed E-state index contributed by atoms with van der Waals surface area (Å²) in [6, 6.07) is 42.7. The number of aryl methyl sites for hydroxylation is 1. The topological polar surface area (TPSA) is 14.2 Å². The maximum Gasteiger partial charge on any atom is 0.417 e. The minimum Gasteiger partial charge on any atom is -0.309 e. The zero-order valence-electron chi connectivity index (χ0n) is 41.1. The van der Waals surface area contributed by atoms with Gasteiger partial charge in [0.05, 0.1) is 39.9 Å². The Labute approximate surface area is 393 Å². The van der Waals surface area contributed by atoms with Crippen molar-refractivity contribution in [3.8, 4) is 33.6 Å². The van der Waals surface area contributed by atoms with E-state index in [2.05, 4.69) is 176 Å². The van der Waals surface area contributed by atoms with Gasteiger partial charge in [0.15, 0.2) is 5.69 Å². The van der Waals surface area contributed by atoms with Gasteiger partial charge in [-0.2, -0.15) is 13.2 Å². The van der Waals surface area contributed by atoms with Crippen LogP contribution in [0.25, 0.3) is 82.1 Å². The highest BCUT2D eigenvalue weighted by Gasteiger charge is 2.35. The summed E-state index contributed by atoms with van der Waals surface area (Å²) in [5.74, 6) is 0. The Hall–Kier alpha value is -6.58. The maximum absolute atomic E-state index is 14.9. The molecule has 67 heavy (non-hydrogen) atoms. The lowest BCUT2D eigenvalue weighted by molar-refractivity contribution is -0.137. The smallest absolute Gasteiger partial charge is 0.309 e. The molecule has 0 bridgehead atoms. The standard InChI is InChI=1S/C61H60F3N3/c1-36-16-15-17-49(61(62,63)64)56(36)37-18-25-53(67-54-28-21-40(59(8,9)10)33-47(54)48-34-41(60(11,12)13)22-29-55(48)67)44(30-37)43-35-42(23-24-50(43)65-14)66-51-26-19-38(57(2,3)4)31-45(51)46-32-39(58(5,6)7)20-27-52(46)66/h15-35H,1-13H3. The van der Waals surface area contributed by atoms with Gasteiger partial charge < -0.3 is 9.13 Å². The van der Waals surface area contributed by atoms with E-state index in [1.54, 1.807) is 13.0 Å². The number of halogens is 3. The molecule has 0 spiro atoms. The minimum atomic E-state index is -4.58. The molecule has 0 N–H and O–H groups in total. The van der Waals surface area contributed by atoms with Crippen molar-refractivity contribution in [1.29, 1.82) is 0 Å². The monoisotopic (exact) mass is 891 g/mol. The number of fused-ring (bicyclic) bond motifs is 6. The quantitative estimate of drug-likeness (QED) is 0.156. The van der Waals surface area contributed by atoms with Gasteiger partial charge >= 0.3 is 6.18 Å². The second-order valence-electron chi connectivity index (χ2n) is 22.6. The molecule has 0 amide bonds. The van der Waals surface area contributed by atoms with Crippen molar-refractivity contribution in [3.63, 3.8) is 0 Å². The molecule has 9 rings (SSSR count). The molecule has 0 aliphatic rings. The second kappa shape index (κ2) is 15.5. The molecule has 9 aromatic rings. The van der Waals surface area contributed by atoms with Crippen LogP contribution in [0.5, 0.6) is 0 Å². The van der Waals surface area contributed by atoms with Crippen LogP contribution in [-0.4, -0.2) is 9.13 Å². The number of alkyl halides is 3. The van der Waals surface area contributed by atoms with Crippen LogP contribution in [0.1, 0.15) is 116 Å². The van der Waals surface area contributed by atoms with Crippen molar-refractivity contribution in [3.05, 3.63) is 172 Å². The highest BCUT2D eigenvalue weighted by molar-refractivity contribution is 6.12. The molecular weight excluding hydrogens is 832 g/mol. The first-order valence-electron chi connectivity index (χ1n) is 23.3. The molecule has 2 heterocycles. The van der Waals surface area contributed by atoms with Crippen LogP contribution >= 0.6 is 0 Å². The predicted octanol–water partition coefficient (Wildman–Crippen LogP) is 18.3. The van der Waals surface area contributed by atoms with Crippen LogP contribution in [0.2, 0.25) is 0 Å². The van der Waals surface area contributed by atoms with Crippen molar-refractivity contribution < 1.29 is 13.2 Å². The van der Waals surface area contributed by atoms with Gasteiger partial charge in [0.25, 0.3) is 0 Å². The van der Waals surface area contributed by atoms with Gasteiger partial charge in [0.2, 0.25) is 0 Å². The van der Waals surface area contributed by atoms with E-state index in [9.17, 15) is 13.2 Å². The Morgan fingerprint density at radius 1 is 0.448 bits per heavy atom. The highest BCUT2D eigenvalue weighted by atomic mass is 19.4. The number of rotatable bonds is 4. The third kappa shape index (κ3) is 7.91. The Balaban J connectivity index is 1.40. The van der Waals surface area contributed by atoms with Crippen molar-refractivity contribution in [2.24, 2.45) is 0 Å². The lowest BCUT2D eigenvalue weighted by atomic mass is 9.85. The number of aromatic nitrogens is 2. The molecule has 2 aromatic heterocycles.